The summed E-state index contributed by atoms with van der Waals surface area (Å²) >= 11 is 0. The molecule has 118 valence electrons. The van der Waals surface area contributed by atoms with Crippen LogP contribution >= 0.6 is 0 Å². The molecule has 0 aromatic rings. The summed E-state index contributed by atoms with van der Waals surface area (Å²) in [7, 11) is 0. The maximum Gasteiger partial charge on any atom is 0.410 e. The lowest BCUT2D eigenvalue weighted by Gasteiger charge is -2.28. The Balaban J connectivity index is 2.56. The summed E-state index contributed by atoms with van der Waals surface area (Å²) in [6, 6.07) is 0. The molecule has 4 nitrogen and oxygen atoms in total. The zero-order valence-electron chi connectivity index (χ0n) is 13.2. The van der Waals surface area contributed by atoms with Crippen LogP contribution in [0.3, 0.4) is 0 Å². The molecule has 2 atom stereocenters. The molecule has 0 saturated carbocycles. The van der Waals surface area contributed by atoms with Gasteiger partial charge in [0.25, 0.3) is 0 Å². The first-order chi connectivity index (χ1) is 9.31. The maximum absolute atomic E-state index is 13.7. The van der Waals surface area contributed by atoms with Crippen LogP contribution in [-0.2, 0) is 9.47 Å². The van der Waals surface area contributed by atoms with E-state index in [-0.39, 0.29) is 12.6 Å². The second-order valence-corrected chi connectivity index (χ2v) is 6.41. The number of carbonyl (C=O) groups is 1. The quantitative estimate of drug-likeness (QED) is 0.743. The maximum atomic E-state index is 13.7. The molecular weight excluding hydrogens is 261 g/mol. The van der Waals surface area contributed by atoms with Gasteiger partial charge in [0.2, 0.25) is 0 Å². The second kappa shape index (κ2) is 7.81. The number of halogens is 1. The van der Waals surface area contributed by atoms with E-state index in [1.165, 1.54) is 4.90 Å². The van der Waals surface area contributed by atoms with E-state index in [2.05, 4.69) is 6.92 Å². The van der Waals surface area contributed by atoms with Gasteiger partial charge >= 0.3 is 6.09 Å². The third-order valence-electron chi connectivity index (χ3n) is 3.15. The third kappa shape index (κ3) is 6.55. The molecule has 20 heavy (non-hydrogen) atoms. The lowest BCUT2D eigenvalue weighted by atomic mass is 10.1. The van der Waals surface area contributed by atoms with Gasteiger partial charge in [0.05, 0.1) is 19.2 Å². The summed E-state index contributed by atoms with van der Waals surface area (Å²) in [5.74, 6) is 0. The Morgan fingerprint density at radius 2 is 2.00 bits per heavy atom. The van der Waals surface area contributed by atoms with Gasteiger partial charge in [-0.2, -0.15) is 0 Å². The average molecular weight is 289 g/mol. The normalized spacial score (nSPS) is 24.4. The van der Waals surface area contributed by atoms with Crippen molar-refractivity contribution in [2.45, 2.75) is 71.3 Å². The van der Waals surface area contributed by atoms with Gasteiger partial charge in [-0.05, 0) is 40.0 Å². The molecule has 1 aliphatic heterocycles. The lowest BCUT2D eigenvalue weighted by molar-refractivity contribution is -0.000413. The van der Waals surface area contributed by atoms with E-state index in [0.717, 1.165) is 12.8 Å². The highest BCUT2D eigenvalue weighted by Crippen LogP contribution is 2.19. The summed E-state index contributed by atoms with van der Waals surface area (Å²) in [5, 5.41) is 0. The first-order valence-electron chi connectivity index (χ1n) is 7.55. The fraction of sp³-hybridized carbons (Fsp3) is 0.933. The molecule has 0 aliphatic carbocycles. The molecule has 1 heterocycles. The van der Waals surface area contributed by atoms with Gasteiger partial charge in [-0.25, -0.2) is 9.18 Å². The summed E-state index contributed by atoms with van der Waals surface area (Å²) in [6.45, 7) is 8.71. The standard InChI is InChI=1S/C15H28FNO3/c1-5-6-9-19-13-8-7-12(16)10-17(11-13)14(18)20-15(2,3)4/h12-13H,5-11H2,1-4H3. The summed E-state index contributed by atoms with van der Waals surface area (Å²) in [5.41, 5.74) is -0.562. The largest absolute Gasteiger partial charge is 0.444 e. The summed E-state index contributed by atoms with van der Waals surface area (Å²) < 4.78 is 24.8. The van der Waals surface area contributed by atoms with Gasteiger partial charge in [-0.1, -0.05) is 13.3 Å². The fourth-order valence-corrected chi connectivity index (χ4v) is 2.11. The van der Waals surface area contributed by atoms with E-state index in [1.54, 1.807) is 0 Å². The Bertz CT molecular complexity index is 304. The predicted octanol–water partition coefficient (Wildman–Crippen LogP) is 3.54. The van der Waals surface area contributed by atoms with Gasteiger partial charge in [-0.15, -0.1) is 0 Å². The first kappa shape index (κ1) is 17.2. The Kier molecular flexibility index (Phi) is 6.72. The number of hydrogen-bond acceptors (Lipinski definition) is 3. The van der Waals surface area contributed by atoms with E-state index >= 15 is 0 Å². The SMILES string of the molecule is CCCCOC1CCC(F)CN(C(=O)OC(C)(C)C)C1. The zero-order valence-corrected chi connectivity index (χ0v) is 13.2. The van der Waals surface area contributed by atoms with Gasteiger partial charge in [0, 0.05) is 6.61 Å². The number of ether oxygens (including phenoxy) is 2. The molecular formula is C15H28FNO3. The topological polar surface area (TPSA) is 38.8 Å². The van der Waals surface area contributed by atoms with Crippen LogP contribution in [0.4, 0.5) is 9.18 Å². The highest BCUT2D eigenvalue weighted by Gasteiger charge is 2.30. The number of carbonyl (C=O) groups excluding carboxylic acids is 1. The molecule has 0 radical (unpaired) electrons. The number of amides is 1. The van der Waals surface area contributed by atoms with Crippen molar-refractivity contribution in [3.63, 3.8) is 0 Å². The van der Waals surface area contributed by atoms with Gasteiger partial charge in [-0.3, -0.25) is 0 Å². The van der Waals surface area contributed by atoms with E-state index in [9.17, 15) is 9.18 Å². The molecule has 0 spiro atoms. The van der Waals surface area contributed by atoms with E-state index in [1.807, 2.05) is 20.8 Å². The van der Waals surface area contributed by atoms with Crippen LogP contribution in [0.25, 0.3) is 0 Å². The van der Waals surface area contributed by atoms with Crippen molar-refractivity contribution >= 4 is 6.09 Å². The minimum atomic E-state index is -0.998. The number of likely N-dealkylation sites (tertiary alicyclic amines) is 1. The highest BCUT2D eigenvalue weighted by atomic mass is 19.1. The van der Waals surface area contributed by atoms with E-state index in [0.29, 0.717) is 26.0 Å². The highest BCUT2D eigenvalue weighted by molar-refractivity contribution is 5.68. The van der Waals surface area contributed by atoms with Crippen molar-refractivity contribution in [2.75, 3.05) is 19.7 Å². The number of nitrogens with zero attached hydrogens (tertiary/aromatic N) is 1. The van der Waals surface area contributed by atoms with E-state index < -0.39 is 17.9 Å². The van der Waals surface area contributed by atoms with Crippen molar-refractivity contribution in [3.05, 3.63) is 0 Å². The summed E-state index contributed by atoms with van der Waals surface area (Å²) in [4.78, 5) is 13.5. The Hall–Kier alpha value is -0.840. The molecule has 0 N–H and O–H groups in total. The van der Waals surface area contributed by atoms with Gasteiger partial charge < -0.3 is 14.4 Å². The Morgan fingerprint density at radius 1 is 1.30 bits per heavy atom. The lowest BCUT2D eigenvalue weighted by Crippen LogP contribution is -2.42. The molecule has 1 fully saturated rings. The minimum Gasteiger partial charge on any atom is -0.444 e. The minimum absolute atomic E-state index is 0.0881. The average Bonchev–Trinajstić information content (AvgIpc) is 2.50. The van der Waals surface area contributed by atoms with Crippen molar-refractivity contribution < 1.29 is 18.7 Å². The molecule has 1 aliphatic rings. The van der Waals surface area contributed by atoms with Gasteiger partial charge in [0.15, 0.2) is 0 Å². The number of alkyl halides is 1. The molecule has 0 aromatic carbocycles. The molecule has 0 aromatic heterocycles. The van der Waals surface area contributed by atoms with E-state index in [4.69, 9.17) is 9.47 Å². The Morgan fingerprint density at radius 3 is 2.60 bits per heavy atom. The molecule has 1 rings (SSSR count). The fourth-order valence-electron chi connectivity index (χ4n) is 2.11. The molecule has 0 bridgehead atoms. The smallest absolute Gasteiger partial charge is 0.410 e. The second-order valence-electron chi connectivity index (χ2n) is 6.41. The Labute approximate surface area is 121 Å². The first-order valence-corrected chi connectivity index (χ1v) is 7.55. The van der Waals surface area contributed by atoms with Gasteiger partial charge in [0.1, 0.15) is 11.8 Å². The monoisotopic (exact) mass is 289 g/mol. The van der Waals surface area contributed by atoms with Crippen molar-refractivity contribution in [3.8, 4) is 0 Å². The van der Waals surface area contributed by atoms with Crippen LogP contribution in [0.5, 0.6) is 0 Å². The molecule has 5 heteroatoms. The van der Waals surface area contributed by atoms with Crippen molar-refractivity contribution in [1.29, 1.82) is 0 Å². The predicted molar refractivity (Wildman–Crippen MR) is 76.6 cm³/mol. The number of hydrogen-bond donors (Lipinski definition) is 0. The molecule has 1 amide bonds. The molecule has 1 saturated heterocycles. The molecule has 2 unspecified atom stereocenters. The number of rotatable bonds is 4. The zero-order chi connectivity index (χ0) is 15.2. The van der Waals surface area contributed by atoms with Crippen LogP contribution in [0, 0.1) is 0 Å². The van der Waals surface area contributed by atoms with Crippen LogP contribution in [0.1, 0.15) is 53.4 Å². The number of unbranched alkanes of at least 4 members (excludes halogenated alkanes) is 1. The van der Waals surface area contributed by atoms with Crippen LogP contribution in [0.15, 0.2) is 0 Å². The third-order valence-corrected chi connectivity index (χ3v) is 3.15. The van der Waals surface area contributed by atoms with Crippen molar-refractivity contribution in [2.24, 2.45) is 0 Å². The van der Waals surface area contributed by atoms with Crippen LogP contribution < -0.4 is 0 Å². The van der Waals surface area contributed by atoms with Crippen molar-refractivity contribution in [1.82, 2.24) is 4.90 Å². The van der Waals surface area contributed by atoms with Crippen LogP contribution in [0.2, 0.25) is 0 Å². The summed E-state index contributed by atoms with van der Waals surface area (Å²) in [6.07, 6.45) is 1.61. The van der Waals surface area contributed by atoms with Crippen LogP contribution in [-0.4, -0.2) is 48.6 Å².